The second-order valence-corrected chi connectivity index (χ2v) is 4.51. The number of rotatable bonds is 4. The second kappa shape index (κ2) is 5.09. The molecule has 2 aromatic heterocycles. The molecule has 0 aliphatic rings. The van der Waals surface area contributed by atoms with Gasteiger partial charge < -0.3 is 10.0 Å². The Bertz CT molecular complexity index is 606. The Morgan fingerprint density at radius 1 is 1.47 bits per heavy atom. The van der Waals surface area contributed by atoms with Gasteiger partial charge in [-0.3, -0.25) is 4.68 Å². The van der Waals surface area contributed by atoms with Gasteiger partial charge in [0.25, 0.3) is 0 Å². The van der Waals surface area contributed by atoms with Gasteiger partial charge in [-0.15, -0.1) is 0 Å². The second-order valence-electron chi connectivity index (χ2n) is 4.51. The molecular formula is C13H16N4O2. The molecule has 2 rings (SSSR count). The van der Waals surface area contributed by atoms with E-state index in [1.165, 1.54) is 0 Å². The Kier molecular flexibility index (Phi) is 3.50. The van der Waals surface area contributed by atoms with E-state index in [-0.39, 0.29) is 5.56 Å². The number of carboxylic acid groups (broad SMARTS) is 1. The first-order chi connectivity index (χ1) is 8.97. The molecule has 0 spiro atoms. The molecular weight excluding hydrogens is 244 g/mol. The zero-order chi connectivity index (χ0) is 14.0. The molecule has 100 valence electrons. The van der Waals surface area contributed by atoms with Crippen LogP contribution in [-0.2, 0) is 13.6 Å². The fraction of sp³-hybridized carbons (Fsp3) is 0.308. The predicted molar refractivity (Wildman–Crippen MR) is 71.2 cm³/mol. The average molecular weight is 260 g/mol. The normalized spacial score (nSPS) is 10.5. The number of anilines is 1. The average Bonchev–Trinajstić information content (AvgIpc) is 2.74. The summed E-state index contributed by atoms with van der Waals surface area (Å²) in [6.45, 7) is 2.40. The zero-order valence-electron chi connectivity index (χ0n) is 11.2. The van der Waals surface area contributed by atoms with Gasteiger partial charge in [0, 0.05) is 38.1 Å². The van der Waals surface area contributed by atoms with Gasteiger partial charge >= 0.3 is 5.97 Å². The van der Waals surface area contributed by atoms with Gasteiger partial charge in [-0.2, -0.15) is 5.10 Å². The van der Waals surface area contributed by atoms with Crippen LogP contribution in [0.3, 0.4) is 0 Å². The van der Waals surface area contributed by atoms with Crippen LogP contribution in [0.15, 0.2) is 24.5 Å². The molecule has 6 heteroatoms. The summed E-state index contributed by atoms with van der Waals surface area (Å²) in [6, 6.07) is 3.28. The lowest BCUT2D eigenvalue weighted by Gasteiger charge is -2.19. The number of carboxylic acids is 1. The Balaban J connectivity index is 2.29. The van der Waals surface area contributed by atoms with Crippen molar-refractivity contribution in [3.8, 4) is 0 Å². The minimum atomic E-state index is -0.972. The molecule has 0 fully saturated rings. The van der Waals surface area contributed by atoms with Gasteiger partial charge in [0.05, 0.1) is 6.20 Å². The molecule has 0 unspecified atom stereocenters. The van der Waals surface area contributed by atoms with E-state index in [4.69, 9.17) is 0 Å². The lowest BCUT2D eigenvalue weighted by molar-refractivity contribution is 0.0697. The lowest BCUT2D eigenvalue weighted by Crippen LogP contribution is -2.21. The van der Waals surface area contributed by atoms with Crippen LogP contribution < -0.4 is 4.90 Å². The van der Waals surface area contributed by atoms with E-state index in [1.807, 2.05) is 32.1 Å². The van der Waals surface area contributed by atoms with E-state index in [0.29, 0.717) is 12.4 Å². The number of aryl methyl sites for hydroxylation is 2. The largest absolute Gasteiger partial charge is 0.478 e. The van der Waals surface area contributed by atoms with Crippen LogP contribution in [0.1, 0.15) is 21.6 Å². The van der Waals surface area contributed by atoms with Crippen molar-refractivity contribution in [2.24, 2.45) is 7.05 Å². The Hall–Kier alpha value is -2.37. The van der Waals surface area contributed by atoms with Crippen LogP contribution >= 0.6 is 0 Å². The van der Waals surface area contributed by atoms with Crippen molar-refractivity contribution in [1.82, 2.24) is 14.8 Å². The van der Waals surface area contributed by atoms with Crippen molar-refractivity contribution in [2.75, 3.05) is 11.9 Å². The quantitative estimate of drug-likeness (QED) is 0.901. The highest BCUT2D eigenvalue weighted by Crippen LogP contribution is 2.19. The number of aromatic nitrogens is 3. The zero-order valence-corrected chi connectivity index (χ0v) is 11.2. The number of carbonyl (C=O) groups is 1. The predicted octanol–water partition coefficient (Wildman–Crippen LogP) is 1.46. The smallest absolute Gasteiger partial charge is 0.339 e. The number of aromatic carboxylic acids is 1. The summed E-state index contributed by atoms with van der Waals surface area (Å²) in [7, 11) is 3.66. The van der Waals surface area contributed by atoms with Crippen LogP contribution in [0, 0.1) is 6.92 Å². The first kappa shape index (κ1) is 13.1. The summed E-state index contributed by atoms with van der Waals surface area (Å²) in [4.78, 5) is 17.3. The summed E-state index contributed by atoms with van der Waals surface area (Å²) in [5.74, 6) is -0.503. The van der Waals surface area contributed by atoms with Crippen LogP contribution in [0.4, 0.5) is 5.82 Å². The fourth-order valence-electron chi connectivity index (χ4n) is 1.90. The van der Waals surface area contributed by atoms with Crippen molar-refractivity contribution in [3.63, 3.8) is 0 Å². The maximum atomic E-state index is 11.2. The molecule has 0 aliphatic heterocycles. The first-order valence-electron chi connectivity index (χ1n) is 5.87. The van der Waals surface area contributed by atoms with Crippen molar-refractivity contribution in [3.05, 3.63) is 41.3 Å². The number of pyridine rings is 1. The summed E-state index contributed by atoms with van der Waals surface area (Å²) in [6.07, 6.45) is 3.65. The minimum Gasteiger partial charge on any atom is -0.478 e. The van der Waals surface area contributed by atoms with Gasteiger partial charge in [0.15, 0.2) is 0 Å². The standard InChI is InChI=1S/C13H16N4O2/c1-9-4-5-11(13(18)19)12(15-9)16(2)7-10-6-14-17(3)8-10/h4-6,8H,7H2,1-3H3,(H,18,19). The third-order valence-electron chi connectivity index (χ3n) is 2.78. The maximum absolute atomic E-state index is 11.2. The van der Waals surface area contributed by atoms with Gasteiger partial charge in [-0.1, -0.05) is 0 Å². The molecule has 0 aromatic carbocycles. The highest BCUT2D eigenvalue weighted by atomic mass is 16.4. The third kappa shape index (κ3) is 2.90. The molecule has 0 atom stereocenters. The molecule has 0 bridgehead atoms. The lowest BCUT2D eigenvalue weighted by atomic mass is 10.2. The summed E-state index contributed by atoms with van der Waals surface area (Å²) < 4.78 is 1.71. The topological polar surface area (TPSA) is 71.2 Å². The molecule has 2 heterocycles. The molecule has 0 radical (unpaired) electrons. The minimum absolute atomic E-state index is 0.206. The van der Waals surface area contributed by atoms with E-state index >= 15 is 0 Å². The van der Waals surface area contributed by atoms with Gasteiger partial charge in [-0.05, 0) is 19.1 Å². The molecule has 0 aliphatic carbocycles. The highest BCUT2D eigenvalue weighted by molar-refractivity contribution is 5.93. The summed E-state index contributed by atoms with van der Waals surface area (Å²) in [5.41, 5.74) is 2.00. The molecule has 0 amide bonds. The van der Waals surface area contributed by atoms with Crippen LogP contribution in [0.2, 0.25) is 0 Å². The SMILES string of the molecule is Cc1ccc(C(=O)O)c(N(C)Cc2cnn(C)c2)n1. The number of nitrogens with zero attached hydrogens (tertiary/aromatic N) is 4. The van der Waals surface area contributed by atoms with E-state index in [0.717, 1.165) is 11.3 Å². The monoisotopic (exact) mass is 260 g/mol. The Morgan fingerprint density at radius 3 is 2.79 bits per heavy atom. The van der Waals surface area contributed by atoms with E-state index in [2.05, 4.69) is 10.1 Å². The molecule has 6 nitrogen and oxygen atoms in total. The molecule has 19 heavy (non-hydrogen) atoms. The van der Waals surface area contributed by atoms with Crippen LogP contribution in [-0.4, -0.2) is 32.9 Å². The van der Waals surface area contributed by atoms with Gasteiger partial charge in [0.1, 0.15) is 11.4 Å². The van der Waals surface area contributed by atoms with Crippen molar-refractivity contribution in [1.29, 1.82) is 0 Å². The van der Waals surface area contributed by atoms with Gasteiger partial charge in [-0.25, -0.2) is 9.78 Å². The molecule has 0 saturated heterocycles. The van der Waals surface area contributed by atoms with Gasteiger partial charge in [0.2, 0.25) is 0 Å². The molecule has 2 aromatic rings. The summed E-state index contributed by atoms with van der Waals surface area (Å²) in [5, 5.41) is 13.3. The number of hydrogen-bond acceptors (Lipinski definition) is 4. The molecule has 1 N–H and O–H groups in total. The van der Waals surface area contributed by atoms with Crippen LogP contribution in [0.25, 0.3) is 0 Å². The Morgan fingerprint density at radius 2 is 2.21 bits per heavy atom. The number of hydrogen-bond donors (Lipinski definition) is 1. The summed E-state index contributed by atoms with van der Waals surface area (Å²) >= 11 is 0. The Labute approximate surface area is 111 Å². The first-order valence-corrected chi connectivity index (χ1v) is 5.87. The third-order valence-corrected chi connectivity index (χ3v) is 2.78. The van der Waals surface area contributed by atoms with E-state index < -0.39 is 5.97 Å². The maximum Gasteiger partial charge on any atom is 0.339 e. The highest BCUT2D eigenvalue weighted by Gasteiger charge is 2.15. The van der Waals surface area contributed by atoms with E-state index in [9.17, 15) is 9.90 Å². The van der Waals surface area contributed by atoms with Crippen molar-refractivity contribution >= 4 is 11.8 Å². The van der Waals surface area contributed by atoms with Crippen molar-refractivity contribution in [2.45, 2.75) is 13.5 Å². The fourth-order valence-corrected chi connectivity index (χ4v) is 1.90. The van der Waals surface area contributed by atoms with E-state index in [1.54, 1.807) is 23.0 Å². The van der Waals surface area contributed by atoms with Crippen molar-refractivity contribution < 1.29 is 9.90 Å². The van der Waals surface area contributed by atoms with Crippen LogP contribution in [0.5, 0.6) is 0 Å². The molecule has 0 saturated carbocycles.